The van der Waals surface area contributed by atoms with Gasteiger partial charge >= 0.3 is 12.2 Å². The van der Waals surface area contributed by atoms with Crippen LogP contribution in [0.2, 0.25) is 0 Å². The SMILES string of the molecule is CC1(C)C(/C=C/C=C/C=C2\N(CCCS(=O)(=O)O)c3ccc(S(=O)(=O)O)cc3C2(C)CCCCCC(=O)NCc2ccc(NC(=O)N3c4nc(-c5cccc(C(F)(F)F)c5)ccc4N4CCC[C@H]3C4)cc2)=[N+](CCCS(=O)(=O)O)c2ccc(S(=O)(=O)O)cc21. The van der Waals surface area contributed by atoms with Crippen molar-refractivity contribution >= 4 is 86.7 Å². The van der Waals surface area contributed by atoms with Crippen molar-refractivity contribution in [2.24, 2.45) is 0 Å². The van der Waals surface area contributed by atoms with E-state index in [0.29, 0.717) is 95.4 Å². The third-order valence-corrected chi connectivity index (χ3v) is 19.9. The number of rotatable bonds is 23. The van der Waals surface area contributed by atoms with Crippen molar-refractivity contribution in [3.63, 3.8) is 0 Å². The van der Waals surface area contributed by atoms with Crippen LogP contribution in [0.1, 0.15) is 101 Å². The van der Waals surface area contributed by atoms with E-state index in [1.54, 1.807) is 82.3 Å². The van der Waals surface area contributed by atoms with E-state index in [-0.39, 0.29) is 66.2 Å². The van der Waals surface area contributed by atoms with Gasteiger partial charge in [-0.15, -0.1) is 0 Å². The van der Waals surface area contributed by atoms with E-state index >= 15 is 0 Å². The summed E-state index contributed by atoms with van der Waals surface area (Å²) in [5.74, 6) is -0.992. The fourth-order valence-corrected chi connectivity index (χ4v) is 14.2. The predicted octanol–water partition coefficient (Wildman–Crippen LogP) is 10.3. The highest BCUT2D eigenvalue weighted by Gasteiger charge is 2.46. The molecule has 0 saturated carbocycles. The Morgan fingerprint density at radius 1 is 0.753 bits per heavy atom. The maximum absolute atomic E-state index is 14.1. The van der Waals surface area contributed by atoms with E-state index in [0.717, 1.165) is 30.7 Å². The first-order valence-electron chi connectivity index (χ1n) is 28.7. The molecule has 5 heterocycles. The maximum atomic E-state index is 14.1. The molecule has 28 heteroatoms. The van der Waals surface area contributed by atoms with E-state index in [2.05, 4.69) is 15.5 Å². The van der Waals surface area contributed by atoms with Crippen LogP contribution in [0, 0.1) is 0 Å². The first-order valence-corrected chi connectivity index (χ1v) is 34.8. The zero-order valence-corrected chi connectivity index (χ0v) is 52.2. The molecule has 3 amide bonds. The van der Waals surface area contributed by atoms with Gasteiger partial charge in [0.05, 0.1) is 49.7 Å². The highest BCUT2D eigenvalue weighted by Crippen LogP contribution is 2.52. The number of piperidine rings is 1. The molecule has 2 atom stereocenters. The Labute approximate surface area is 515 Å². The molecule has 0 radical (unpaired) electrons. The Morgan fingerprint density at radius 2 is 1.43 bits per heavy atom. The molecule has 1 aromatic heterocycles. The lowest BCUT2D eigenvalue weighted by Crippen LogP contribution is -2.56. The minimum absolute atomic E-state index is 0.00936. The molecule has 4 aromatic carbocycles. The molecule has 1 fully saturated rings. The van der Waals surface area contributed by atoms with Gasteiger partial charge in [0.1, 0.15) is 6.54 Å². The first kappa shape index (κ1) is 66.1. The highest BCUT2D eigenvalue weighted by molar-refractivity contribution is 7.86. The lowest BCUT2D eigenvalue weighted by molar-refractivity contribution is -0.437. The molecule has 6 N–H and O–H groups in total. The molecule has 4 aliphatic rings. The number of unbranched alkanes of at least 4 members (excludes halogenated alkanes) is 2. The Morgan fingerprint density at radius 3 is 2.11 bits per heavy atom. The Kier molecular flexibility index (Phi) is 19.2. The number of carbonyl (C=O) groups is 2. The largest absolute Gasteiger partial charge is 0.416 e. The van der Waals surface area contributed by atoms with Crippen molar-refractivity contribution in [1.29, 1.82) is 0 Å². The molecule has 5 aromatic rings. The summed E-state index contributed by atoms with van der Waals surface area (Å²) in [4.78, 5) is 36.9. The first-order chi connectivity index (χ1) is 41.7. The number of amides is 3. The number of alkyl halides is 3. The van der Waals surface area contributed by atoms with Crippen molar-refractivity contribution in [2.45, 2.75) is 118 Å². The highest BCUT2D eigenvalue weighted by atomic mass is 32.2. The third kappa shape index (κ3) is 15.5. The van der Waals surface area contributed by atoms with Crippen LogP contribution in [0.3, 0.4) is 0 Å². The number of hydrogen-bond donors (Lipinski definition) is 6. The van der Waals surface area contributed by atoms with Gasteiger partial charge in [0.15, 0.2) is 11.5 Å². The van der Waals surface area contributed by atoms with E-state index in [4.69, 9.17) is 4.98 Å². The fourth-order valence-electron chi connectivity index (χ4n) is 12.2. The van der Waals surface area contributed by atoms with Gasteiger partial charge in [-0.2, -0.15) is 51.4 Å². The third-order valence-electron chi connectivity index (χ3n) is 16.6. The lowest BCUT2D eigenvalue weighted by Gasteiger charge is -2.45. The topological polar surface area (TPSA) is 301 Å². The number of pyridine rings is 1. The van der Waals surface area contributed by atoms with Crippen molar-refractivity contribution < 1.29 is 79.2 Å². The van der Waals surface area contributed by atoms with Crippen molar-refractivity contribution in [1.82, 2.24) is 10.3 Å². The summed E-state index contributed by atoms with van der Waals surface area (Å²) in [6, 6.07) is 22.8. The fraction of sp³-hybridized carbons (Fsp3) is 0.377. The van der Waals surface area contributed by atoms with Crippen LogP contribution in [0.5, 0.6) is 0 Å². The monoisotopic (exact) mass is 1310 g/mol. The van der Waals surface area contributed by atoms with E-state index in [1.807, 2.05) is 25.7 Å². The van der Waals surface area contributed by atoms with Crippen LogP contribution in [0.25, 0.3) is 11.3 Å². The minimum Gasteiger partial charge on any atom is -0.366 e. The number of halogens is 3. The second-order valence-corrected chi connectivity index (χ2v) is 29.2. The standard InChI is InChI=1S/C61H68F3N7O14S4/c1-59(2)48-37-46(88(80,81)82)24-27-51(48)69(32-12-34-86(74,75)76)54(59)17-6-4-7-18-55-60(3,49-38-47(89(83,84)85)25-28-52(49)70(55)33-13-35-87(77,78)79)30-9-5-8-19-56(72)65-39-41-20-22-44(23-21-41)66-58(73)71-45-16-11-31-68(40-45)53-29-26-50(67-57(53)71)42-14-10-15-43(36-42)61(62,63)64/h4,6-7,10,14-15,17-18,20-29,36-38,45H,5,8-9,11-13,16,19,30-35,39-40H2,1-3H3,(H5-,65,66,72,73,74,75,76,77,78,79,80,81,82,83,84,85)/p+1/t45-,60?/m0/s1. The van der Waals surface area contributed by atoms with Gasteiger partial charge < -0.3 is 20.4 Å². The molecular weight excluding hydrogens is 1240 g/mol. The van der Waals surface area contributed by atoms with Gasteiger partial charge in [0.25, 0.3) is 40.5 Å². The molecule has 476 valence electrons. The van der Waals surface area contributed by atoms with Gasteiger partial charge in [-0.05, 0) is 137 Å². The number of allylic oxidation sites excluding steroid dienone is 6. The number of carbonyl (C=O) groups excluding carboxylic acids is 2. The number of anilines is 4. The Bertz CT molecular complexity index is 4180. The molecule has 4 aliphatic heterocycles. The van der Waals surface area contributed by atoms with Gasteiger partial charge in [0.2, 0.25) is 11.6 Å². The van der Waals surface area contributed by atoms with Crippen molar-refractivity contribution in [3.8, 4) is 11.3 Å². The van der Waals surface area contributed by atoms with Gasteiger partial charge in [0, 0.05) is 84.8 Å². The molecular formula is C61H69F3N7O14S4+. The predicted molar refractivity (Wildman–Crippen MR) is 331 cm³/mol. The number of nitrogens with zero attached hydrogens (tertiary/aromatic N) is 5. The van der Waals surface area contributed by atoms with Crippen LogP contribution in [0.15, 0.2) is 143 Å². The molecule has 1 unspecified atom stereocenters. The van der Waals surface area contributed by atoms with Crippen molar-refractivity contribution in [2.75, 3.05) is 57.7 Å². The summed E-state index contributed by atoms with van der Waals surface area (Å²) in [7, 11) is -18.0. The van der Waals surface area contributed by atoms with Crippen LogP contribution >= 0.6 is 0 Å². The number of urea groups is 1. The second kappa shape index (κ2) is 25.9. The van der Waals surface area contributed by atoms with E-state index in [1.165, 1.54) is 42.5 Å². The average Bonchev–Trinajstić information content (AvgIpc) is 1.77. The summed E-state index contributed by atoms with van der Waals surface area (Å²) >= 11 is 0. The van der Waals surface area contributed by atoms with Crippen LogP contribution in [0.4, 0.5) is 46.5 Å². The number of nitrogens with one attached hydrogen (secondary N) is 2. The number of hydrogen-bond acceptors (Lipinski definition) is 13. The normalized spacial score (nSPS) is 18.9. The second-order valence-electron chi connectivity index (χ2n) is 23.2. The molecule has 9 rings (SSSR count). The summed E-state index contributed by atoms with van der Waals surface area (Å²) in [6.07, 6.45) is 7.66. The average molecular weight is 1310 g/mol. The molecule has 0 aliphatic carbocycles. The van der Waals surface area contributed by atoms with Crippen LogP contribution < -0.4 is 25.3 Å². The minimum atomic E-state index is -4.69. The molecule has 0 spiro atoms. The smallest absolute Gasteiger partial charge is 0.366 e. The van der Waals surface area contributed by atoms with Crippen LogP contribution in [-0.4, -0.2) is 123 Å². The zero-order chi connectivity index (χ0) is 64.5. The number of benzene rings is 4. The zero-order valence-electron chi connectivity index (χ0n) is 48.9. The maximum Gasteiger partial charge on any atom is 0.416 e. The van der Waals surface area contributed by atoms with Gasteiger partial charge in [-0.3, -0.25) is 27.9 Å². The number of fused-ring (bicyclic) bond motifs is 6. The van der Waals surface area contributed by atoms with Gasteiger partial charge in [-0.1, -0.05) is 55.3 Å². The molecule has 1 saturated heterocycles. The van der Waals surface area contributed by atoms with Gasteiger partial charge in [-0.25, -0.2) is 9.78 Å². The Hall–Kier alpha value is -7.31. The molecule has 2 bridgehead atoms. The lowest BCUT2D eigenvalue weighted by atomic mass is 9.77. The summed E-state index contributed by atoms with van der Waals surface area (Å²) < 4.78 is 178. The molecule has 89 heavy (non-hydrogen) atoms. The van der Waals surface area contributed by atoms with E-state index in [9.17, 15) is 74.6 Å². The van der Waals surface area contributed by atoms with E-state index < -0.39 is 80.6 Å². The summed E-state index contributed by atoms with van der Waals surface area (Å²) in [5, 5.41) is 5.88. The van der Waals surface area contributed by atoms with Crippen LogP contribution in [-0.2, 0) is 68.8 Å². The Balaban J connectivity index is 0.863. The quantitative estimate of drug-likeness (QED) is 0.0153. The number of aromatic nitrogens is 1. The molecule has 21 nitrogen and oxygen atoms in total. The summed E-state index contributed by atoms with van der Waals surface area (Å²) in [5.41, 5.74) is 3.20. The summed E-state index contributed by atoms with van der Waals surface area (Å²) in [6.45, 7) is 7.22. The van der Waals surface area contributed by atoms with Crippen molar-refractivity contribution in [3.05, 3.63) is 155 Å².